The Balaban J connectivity index is 2.72. The zero-order valence-corrected chi connectivity index (χ0v) is 8.83. The highest BCUT2D eigenvalue weighted by Crippen LogP contribution is 2.12. The number of anilines is 1. The molecule has 16 heavy (non-hydrogen) atoms. The lowest BCUT2D eigenvalue weighted by Crippen LogP contribution is -2.05. The molecule has 0 atom stereocenters. The van der Waals surface area contributed by atoms with Crippen LogP contribution in [-0.2, 0) is 0 Å². The average molecular weight is 241 g/mol. The number of benzene rings is 1. The molecule has 0 saturated heterocycles. The lowest BCUT2D eigenvalue weighted by molar-refractivity contribution is 0.321. The van der Waals surface area contributed by atoms with Crippen molar-refractivity contribution in [3.8, 4) is 0 Å². The van der Waals surface area contributed by atoms with E-state index in [1.807, 2.05) is 0 Å². The second-order valence-corrected chi connectivity index (χ2v) is 3.08. The minimum atomic E-state index is 0.153. The number of halogens is 1. The van der Waals surface area contributed by atoms with E-state index in [1.54, 1.807) is 24.3 Å². The summed E-state index contributed by atoms with van der Waals surface area (Å²) in [5, 5.41) is 26.5. The molecule has 0 aliphatic carbocycles. The Kier molecular flexibility index (Phi) is 4.81. The molecule has 0 amide bonds. The molecule has 1 aromatic rings. The predicted octanol–water partition coefficient (Wildman–Crippen LogP) is 2.03. The van der Waals surface area contributed by atoms with Crippen LogP contribution in [0.25, 0.3) is 0 Å². The Morgan fingerprint density at radius 3 is 2.19 bits per heavy atom. The fraction of sp³-hybridized carbons (Fsp3) is 0. The Hall–Kier alpha value is -2.08. The molecule has 0 unspecified atom stereocenters. The van der Waals surface area contributed by atoms with Crippen LogP contribution in [0.2, 0.25) is 5.02 Å². The highest BCUT2D eigenvalue weighted by molar-refractivity contribution is 6.55. The van der Waals surface area contributed by atoms with Gasteiger partial charge in [-0.05, 0) is 24.3 Å². The van der Waals surface area contributed by atoms with Gasteiger partial charge in [-0.25, -0.2) is 0 Å². The Morgan fingerprint density at radius 2 is 1.69 bits per heavy atom. The van der Waals surface area contributed by atoms with Gasteiger partial charge in [0, 0.05) is 5.02 Å². The second kappa shape index (κ2) is 6.41. The highest BCUT2D eigenvalue weighted by Gasteiger charge is 1.93. The quantitative estimate of drug-likeness (QED) is 0.427. The molecule has 0 bridgehead atoms. The van der Waals surface area contributed by atoms with E-state index in [0.29, 0.717) is 10.7 Å². The molecule has 0 radical (unpaired) electrons. The first-order chi connectivity index (χ1) is 7.76. The largest absolute Gasteiger partial charge is 0.411 e. The molecule has 0 spiro atoms. The summed E-state index contributed by atoms with van der Waals surface area (Å²) < 4.78 is 0. The molecule has 1 rings (SSSR count). The molecule has 0 fully saturated rings. The maximum atomic E-state index is 8.30. The van der Waals surface area contributed by atoms with Crippen LogP contribution in [0.1, 0.15) is 0 Å². The van der Waals surface area contributed by atoms with E-state index in [0.717, 1.165) is 12.4 Å². The summed E-state index contributed by atoms with van der Waals surface area (Å²) >= 11 is 5.70. The van der Waals surface area contributed by atoms with Crippen molar-refractivity contribution in [2.75, 3.05) is 5.43 Å². The van der Waals surface area contributed by atoms with Gasteiger partial charge in [-0.15, -0.1) is 0 Å². The van der Waals surface area contributed by atoms with Gasteiger partial charge in [0.2, 0.25) is 0 Å². The second-order valence-electron chi connectivity index (χ2n) is 2.64. The molecule has 0 aliphatic heterocycles. The van der Waals surface area contributed by atoms with Crippen LogP contribution < -0.4 is 5.43 Å². The van der Waals surface area contributed by atoms with Crippen molar-refractivity contribution < 1.29 is 10.4 Å². The lowest BCUT2D eigenvalue weighted by atomic mass is 10.3. The molecule has 0 aromatic heterocycles. The zero-order chi connectivity index (χ0) is 11.8. The summed E-state index contributed by atoms with van der Waals surface area (Å²) in [6.07, 6.45) is 2.03. The third-order valence-electron chi connectivity index (χ3n) is 1.54. The number of rotatable bonds is 4. The molecule has 0 heterocycles. The topological polar surface area (TPSA) is 89.6 Å². The molecule has 7 heteroatoms. The molecule has 3 N–H and O–H groups in total. The van der Waals surface area contributed by atoms with Crippen LogP contribution in [0.15, 0.2) is 39.7 Å². The average Bonchev–Trinajstić information content (AvgIpc) is 2.29. The smallest absolute Gasteiger partial charge is 0.126 e. The number of hydrazone groups is 1. The fourth-order valence-corrected chi connectivity index (χ4v) is 0.989. The molecule has 6 nitrogen and oxygen atoms in total. The van der Waals surface area contributed by atoms with E-state index in [9.17, 15) is 0 Å². The number of nitrogens with zero attached hydrogens (tertiary/aromatic N) is 3. The number of nitrogens with one attached hydrogen (secondary N) is 1. The van der Waals surface area contributed by atoms with Gasteiger partial charge >= 0.3 is 0 Å². The van der Waals surface area contributed by atoms with Crippen molar-refractivity contribution in [2.24, 2.45) is 15.4 Å². The van der Waals surface area contributed by atoms with Crippen LogP contribution in [0.3, 0.4) is 0 Å². The summed E-state index contributed by atoms with van der Waals surface area (Å²) in [5.74, 6) is 0. The lowest BCUT2D eigenvalue weighted by Gasteiger charge is -1.99. The summed E-state index contributed by atoms with van der Waals surface area (Å²) in [4.78, 5) is 0. The number of hydrogen-bond donors (Lipinski definition) is 3. The van der Waals surface area contributed by atoms with E-state index < -0.39 is 0 Å². The van der Waals surface area contributed by atoms with Gasteiger partial charge in [0.05, 0.1) is 18.1 Å². The first-order valence-corrected chi connectivity index (χ1v) is 4.58. The standard InChI is InChI=1S/C9H9ClN4O2/c10-7-1-3-8(4-2-7)13-14-9(5-11-15)6-12-16/h1-6,13,15-16H/b11-5-,12-6+,14-9?. The first kappa shape index (κ1) is 12.0. The summed E-state index contributed by atoms with van der Waals surface area (Å²) in [7, 11) is 0. The van der Waals surface area contributed by atoms with E-state index in [1.165, 1.54) is 0 Å². The van der Waals surface area contributed by atoms with Gasteiger partial charge in [0.25, 0.3) is 0 Å². The first-order valence-electron chi connectivity index (χ1n) is 4.20. The number of oxime groups is 2. The van der Waals surface area contributed by atoms with Crippen molar-refractivity contribution in [3.63, 3.8) is 0 Å². The van der Waals surface area contributed by atoms with E-state index >= 15 is 0 Å². The van der Waals surface area contributed by atoms with Gasteiger partial charge in [0.15, 0.2) is 0 Å². The van der Waals surface area contributed by atoms with Crippen LogP contribution >= 0.6 is 11.6 Å². The van der Waals surface area contributed by atoms with E-state index in [4.69, 9.17) is 22.0 Å². The van der Waals surface area contributed by atoms with Gasteiger partial charge < -0.3 is 10.4 Å². The third-order valence-corrected chi connectivity index (χ3v) is 1.79. The summed E-state index contributed by atoms with van der Waals surface area (Å²) in [6, 6.07) is 6.82. The van der Waals surface area contributed by atoms with Crippen molar-refractivity contribution in [1.29, 1.82) is 0 Å². The van der Waals surface area contributed by atoms with Crippen LogP contribution in [-0.4, -0.2) is 28.6 Å². The minimum absolute atomic E-state index is 0.153. The number of hydrogen-bond acceptors (Lipinski definition) is 6. The Labute approximate surface area is 96.5 Å². The molecule has 0 aliphatic rings. The van der Waals surface area contributed by atoms with Crippen molar-refractivity contribution in [3.05, 3.63) is 29.3 Å². The minimum Gasteiger partial charge on any atom is -0.411 e. The Morgan fingerprint density at radius 1 is 1.12 bits per heavy atom. The van der Waals surface area contributed by atoms with Gasteiger partial charge in [-0.3, -0.25) is 5.43 Å². The van der Waals surface area contributed by atoms with Crippen LogP contribution in [0.4, 0.5) is 5.69 Å². The Bertz CT molecular complexity index is 400. The molecular weight excluding hydrogens is 232 g/mol. The third kappa shape index (κ3) is 3.97. The van der Waals surface area contributed by atoms with E-state index in [-0.39, 0.29) is 5.71 Å². The molecule has 1 aromatic carbocycles. The summed E-state index contributed by atoms with van der Waals surface area (Å²) in [5.41, 5.74) is 3.51. The maximum absolute atomic E-state index is 8.30. The SMILES string of the molecule is O/N=C\C(/C=N/O)=NNc1ccc(Cl)cc1. The van der Waals surface area contributed by atoms with Crippen LogP contribution in [0.5, 0.6) is 0 Å². The summed E-state index contributed by atoms with van der Waals surface area (Å²) in [6.45, 7) is 0. The van der Waals surface area contributed by atoms with Crippen molar-refractivity contribution in [2.45, 2.75) is 0 Å². The highest BCUT2D eigenvalue weighted by atomic mass is 35.5. The van der Waals surface area contributed by atoms with Crippen molar-refractivity contribution in [1.82, 2.24) is 0 Å². The zero-order valence-electron chi connectivity index (χ0n) is 8.08. The maximum Gasteiger partial charge on any atom is 0.126 e. The fourth-order valence-electron chi connectivity index (χ4n) is 0.863. The van der Waals surface area contributed by atoms with E-state index in [2.05, 4.69) is 20.8 Å². The van der Waals surface area contributed by atoms with Gasteiger partial charge in [-0.2, -0.15) is 5.10 Å². The normalized spacial score (nSPS) is 12.4. The predicted molar refractivity (Wildman–Crippen MR) is 63.1 cm³/mol. The van der Waals surface area contributed by atoms with Crippen LogP contribution in [0, 0.1) is 0 Å². The molecule has 84 valence electrons. The van der Waals surface area contributed by atoms with Gasteiger partial charge in [-0.1, -0.05) is 21.9 Å². The van der Waals surface area contributed by atoms with Crippen molar-refractivity contribution >= 4 is 35.4 Å². The monoisotopic (exact) mass is 240 g/mol. The molecule has 0 saturated carbocycles. The van der Waals surface area contributed by atoms with Gasteiger partial charge in [0.1, 0.15) is 5.71 Å². The molecular formula is C9H9ClN4O2.